The van der Waals surface area contributed by atoms with Crippen LogP contribution in [-0.4, -0.2) is 6.04 Å². The van der Waals surface area contributed by atoms with Gasteiger partial charge in [0, 0.05) is 0 Å². The van der Waals surface area contributed by atoms with Gasteiger partial charge in [0.15, 0.2) is 0 Å². The average Bonchev–Trinajstić information content (AvgIpc) is 1.89. The summed E-state index contributed by atoms with van der Waals surface area (Å²) in [5.74, 6) is 2.50. The van der Waals surface area contributed by atoms with E-state index in [-0.39, 0.29) is 6.04 Å². The van der Waals surface area contributed by atoms with Crippen molar-refractivity contribution in [2.24, 2.45) is 5.73 Å². The first-order chi connectivity index (χ1) is 4.31. The average molecular weight is 125 g/mol. The van der Waals surface area contributed by atoms with Gasteiger partial charge >= 0.3 is 0 Å². The lowest BCUT2D eigenvalue weighted by atomic mass is 10.1. The fourth-order valence-corrected chi connectivity index (χ4v) is 0.698. The molecule has 0 fully saturated rings. The summed E-state index contributed by atoms with van der Waals surface area (Å²) >= 11 is 0. The Bertz CT molecular complexity index is 91.2. The predicted octanol–water partition coefficient (Wildman–Crippen LogP) is 1.53. The van der Waals surface area contributed by atoms with Gasteiger partial charge in [-0.3, -0.25) is 0 Å². The molecule has 0 amide bonds. The summed E-state index contributed by atoms with van der Waals surface area (Å²) in [4.78, 5) is 0. The fraction of sp³-hybridized carbons (Fsp3) is 0.750. The monoisotopic (exact) mass is 125 g/mol. The molecule has 0 aliphatic heterocycles. The second-order valence-corrected chi connectivity index (χ2v) is 2.27. The van der Waals surface area contributed by atoms with E-state index < -0.39 is 0 Å². The van der Waals surface area contributed by atoms with E-state index in [9.17, 15) is 0 Å². The van der Waals surface area contributed by atoms with Crippen LogP contribution in [0.5, 0.6) is 0 Å². The molecule has 0 spiro atoms. The highest BCUT2D eigenvalue weighted by Crippen LogP contribution is 1.99. The lowest BCUT2D eigenvalue weighted by molar-refractivity contribution is 0.632. The zero-order chi connectivity index (χ0) is 7.11. The topological polar surface area (TPSA) is 26.0 Å². The Morgan fingerprint density at radius 2 is 2.22 bits per heavy atom. The van der Waals surface area contributed by atoms with Gasteiger partial charge in [0.05, 0.1) is 6.04 Å². The molecule has 0 bridgehead atoms. The van der Waals surface area contributed by atoms with Gasteiger partial charge in [-0.1, -0.05) is 32.1 Å². The number of unbranched alkanes of at least 4 members (excludes halogenated alkanes) is 2. The minimum absolute atomic E-state index is 0.0171. The molecule has 1 atom stereocenters. The van der Waals surface area contributed by atoms with E-state index in [1.807, 2.05) is 0 Å². The van der Waals surface area contributed by atoms with E-state index in [1.165, 1.54) is 19.3 Å². The summed E-state index contributed by atoms with van der Waals surface area (Å²) in [5, 5.41) is 0. The van der Waals surface area contributed by atoms with Crippen LogP contribution in [0.2, 0.25) is 0 Å². The van der Waals surface area contributed by atoms with Crippen molar-refractivity contribution >= 4 is 0 Å². The van der Waals surface area contributed by atoms with Gasteiger partial charge in [-0.05, 0) is 6.42 Å². The number of hydrogen-bond donors (Lipinski definition) is 1. The van der Waals surface area contributed by atoms with Crippen LogP contribution in [0.4, 0.5) is 0 Å². The van der Waals surface area contributed by atoms with Crippen LogP contribution in [0.3, 0.4) is 0 Å². The quantitative estimate of drug-likeness (QED) is 0.447. The molecule has 1 nitrogen and oxygen atoms in total. The van der Waals surface area contributed by atoms with Crippen molar-refractivity contribution in [1.82, 2.24) is 0 Å². The Kier molecular flexibility index (Phi) is 5.35. The van der Waals surface area contributed by atoms with Gasteiger partial charge in [0.2, 0.25) is 0 Å². The molecule has 0 aromatic heterocycles. The molecule has 0 saturated heterocycles. The summed E-state index contributed by atoms with van der Waals surface area (Å²) < 4.78 is 0. The standard InChI is InChI=1S/C8H15N/c1-3-5-6-7-8(9)4-2/h2,8H,3,5-7,9H2,1H3/t8-/m1/s1. The maximum Gasteiger partial charge on any atom is 0.0661 e. The van der Waals surface area contributed by atoms with E-state index in [1.54, 1.807) is 0 Å². The summed E-state index contributed by atoms with van der Waals surface area (Å²) in [5.41, 5.74) is 5.48. The van der Waals surface area contributed by atoms with Crippen molar-refractivity contribution < 1.29 is 0 Å². The molecule has 52 valence electrons. The van der Waals surface area contributed by atoms with Crippen LogP contribution in [0, 0.1) is 12.3 Å². The van der Waals surface area contributed by atoms with Crippen molar-refractivity contribution in [1.29, 1.82) is 0 Å². The normalized spacial score (nSPS) is 12.6. The molecule has 0 radical (unpaired) electrons. The van der Waals surface area contributed by atoms with Crippen LogP contribution >= 0.6 is 0 Å². The SMILES string of the molecule is C#C[C@@H](N)CCCCC. The maximum absolute atomic E-state index is 5.48. The van der Waals surface area contributed by atoms with Crippen molar-refractivity contribution in [3.63, 3.8) is 0 Å². The second kappa shape index (κ2) is 5.65. The van der Waals surface area contributed by atoms with Crippen molar-refractivity contribution in [2.45, 2.75) is 38.6 Å². The molecule has 0 heterocycles. The summed E-state index contributed by atoms with van der Waals surface area (Å²) in [6, 6.07) is -0.0171. The van der Waals surface area contributed by atoms with E-state index >= 15 is 0 Å². The molecular formula is C8H15N. The van der Waals surface area contributed by atoms with E-state index in [4.69, 9.17) is 12.2 Å². The van der Waals surface area contributed by atoms with E-state index in [0.717, 1.165) is 6.42 Å². The Morgan fingerprint density at radius 1 is 1.56 bits per heavy atom. The zero-order valence-corrected chi connectivity index (χ0v) is 6.06. The molecule has 0 aromatic carbocycles. The maximum atomic E-state index is 5.48. The molecule has 1 heteroatoms. The van der Waals surface area contributed by atoms with Crippen LogP contribution < -0.4 is 5.73 Å². The molecule has 2 N–H and O–H groups in total. The fourth-order valence-electron chi connectivity index (χ4n) is 0.698. The molecule has 0 aliphatic carbocycles. The Balaban J connectivity index is 2.99. The third kappa shape index (κ3) is 5.39. The van der Waals surface area contributed by atoms with Crippen molar-refractivity contribution in [3.05, 3.63) is 0 Å². The van der Waals surface area contributed by atoms with Gasteiger partial charge < -0.3 is 5.73 Å². The summed E-state index contributed by atoms with van der Waals surface area (Å²) in [6.45, 7) is 2.17. The molecule has 0 aromatic rings. The Labute approximate surface area is 57.6 Å². The van der Waals surface area contributed by atoms with Crippen LogP contribution in [-0.2, 0) is 0 Å². The van der Waals surface area contributed by atoms with Crippen molar-refractivity contribution in [2.75, 3.05) is 0 Å². The lowest BCUT2D eigenvalue weighted by Gasteiger charge is -2.00. The lowest BCUT2D eigenvalue weighted by Crippen LogP contribution is -2.16. The first kappa shape index (κ1) is 8.52. The van der Waals surface area contributed by atoms with E-state index in [0.29, 0.717) is 0 Å². The third-order valence-corrected chi connectivity index (χ3v) is 1.33. The minimum atomic E-state index is -0.0171. The molecule has 9 heavy (non-hydrogen) atoms. The summed E-state index contributed by atoms with van der Waals surface area (Å²) in [6.07, 6.45) is 9.70. The van der Waals surface area contributed by atoms with Gasteiger partial charge in [-0.25, -0.2) is 0 Å². The largest absolute Gasteiger partial charge is 0.318 e. The van der Waals surface area contributed by atoms with Crippen molar-refractivity contribution in [3.8, 4) is 12.3 Å². The minimum Gasteiger partial charge on any atom is -0.318 e. The van der Waals surface area contributed by atoms with Gasteiger partial charge in [-0.2, -0.15) is 0 Å². The van der Waals surface area contributed by atoms with Gasteiger partial charge in [0.25, 0.3) is 0 Å². The Morgan fingerprint density at radius 3 is 2.67 bits per heavy atom. The molecular weight excluding hydrogens is 110 g/mol. The van der Waals surface area contributed by atoms with Crippen LogP contribution in [0.1, 0.15) is 32.6 Å². The van der Waals surface area contributed by atoms with Crippen LogP contribution in [0.25, 0.3) is 0 Å². The predicted molar refractivity (Wildman–Crippen MR) is 41.0 cm³/mol. The molecule has 0 unspecified atom stereocenters. The highest BCUT2D eigenvalue weighted by atomic mass is 14.6. The number of terminal acetylenes is 1. The Hall–Kier alpha value is -0.480. The summed E-state index contributed by atoms with van der Waals surface area (Å²) in [7, 11) is 0. The zero-order valence-electron chi connectivity index (χ0n) is 6.06. The van der Waals surface area contributed by atoms with Crippen LogP contribution in [0.15, 0.2) is 0 Å². The number of hydrogen-bond acceptors (Lipinski definition) is 1. The molecule has 0 rings (SSSR count). The number of nitrogens with two attached hydrogens (primary N) is 1. The smallest absolute Gasteiger partial charge is 0.0661 e. The van der Waals surface area contributed by atoms with E-state index in [2.05, 4.69) is 12.8 Å². The number of rotatable bonds is 4. The van der Waals surface area contributed by atoms with Gasteiger partial charge in [-0.15, -0.1) is 6.42 Å². The highest BCUT2D eigenvalue weighted by Gasteiger charge is 1.93. The highest BCUT2D eigenvalue weighted by molar-refractivity contribution is 4.95. The second-order valence-electron chi connectivity index (χ2n) is 2.27. The third-order valence-electron chi connectivity index (χ3n) is 1.33. The molecule has 0 saturated carbocycles. The van der Waals surface area contributed by atoms with Gasteiger partial charge in [0.1, 0.15) is 0 Å². The first-order valence-corrected chi connectivity index (χ1v) is 3.53. The molecule has 0 aliphatic rings. The first-order valence-electron chi connectivity index (χ1n) is 3.53.